The van der Waals surface area contributed by atoms with Crippen LogP contribution in [0, 0.1) is 0 Å². The molecule has 1 aliphatic heterocycles. The molecule has 2 aliphatic rings. The number of ketones is 1. The maximum atomic E-state index is 13.7. The van der Waals surface area contributed by atoms with Gasteiger partial charge in [0.15, 0.2) is 5.78 Å². The predicted octanol–water partition coefficient (Wildman–Crippen LogP) is 5.67. The average Bonchev–Trinajstić information content (AvgIpc) is 2.86. The van der Waals surface area contributed by atoms with E-state index in [1.807, 2.05) is 50.2 Å². The number of carbonyl (C=O) groups is 2. The van der Waals surface area contributed by atoms with Crippen molar-refractivity contribution >= 4 is 23.4 Å². The normalized spacial score (nSPS) is 19.7. The van der Waals surface area contributed by atoms with Crippen LogP contribution in [0.25, 0.3) is 0 Å². The Bertz CT molecular complexity index is 1200. The Kier molecular flexibility index (Phi) is 7.51. The standard InChI is InChI=1S/C28H30ClNO5/c1-5-12-35-28(32)25-16(2)30-22-13-18(17-6-8-19(29)9-7-17)14-23(31)27(22)26(25)21-11-10-20(33-3)15-24(21)34-4/h6-11,15,18,26,30H,5,12-14H2,1-4H3/t18-,26+/m0/s1. The minimum absolute atomic E-state index is 0.00476. The van der Waals surface area contributed by atoms with E-state index in [2.05, 4.69) is 5.32 Å². The Balaban J connectivity index is 1.82. The van der Waals surface area contributed by atoms with E-state index >= 15 is 0 Å². The van der Waals surface area contributed by atoms with Crippen LogP contribution in [0.1, 0.15) is 56.1 Å². The third kappa shape index (κ3) is 4.94. The summed E-state index contributed by atoms with van der Waals surface area (Å²) in [5.74, 6) is 0.154. The highest BCUT2D eigenvalue weighted by Crippen LogP contribution is 2.48. The molecule has 184 valence electrons. The van der Waals surface area contributed by atoms with Gasteiger partial charge in [-0.05, 0) is 49.4 Å². The largest absolute Gasteiger partial charge is 0.497 e. The number of esters is 1. The summed E-state index contributed by atoms with van der Waals surface area (Å²) in [6.07, 6.45) is 1.69. The lowest BCUT2D eigenvalue weighted by molar-refractivity contribution is -0.139. The molecular formula is C28H30ClNO5. The number of Topliss-reactive ketones (excluding diaryl/α,β-unsaturated/α-hetero) is 1. The van der Waals surface area contributed by atoms with Gasteiger partial charge < -0.3 is 19.5 Å². The van der Waals surface area contributed by atoms with E-state index in [-0.39, 0.29) is 11.7 Å². The summed E-state index contributed by atoms with van der Waals surface area (Å²) in [6, 6.07) is 13.1. The van der Waals surface area contributed by atoms with Crippen LogP contribution in [0.2, 0.25) is 5.02 Å². The molecule has 0 saturated heterocycles. The monoisotopic (exact) mass is 495 g/mol. The molecule has 1 N–H and O–H groups in total. The van der Waals surface area contributed by atoms with E-state index in [4.69, 9.17) is 25.8 Å². The number of allylic oxidation sites excluding steroid dienone is 3. The van der Waals surface area contributed by atoms with Crippen molar-refractivity contribution < 1.29 is 23.8 Å². The van der Waals surface area contributed by atoms with Crippen LogP contribution in [0.15, 0.2) is 65.0 Å². The third-order valence-electron chi connectivity index (χ3n) is 6.58. The maximum absolute atomic E-state index is 13.7. The van der Waals surface area contributed by atoms with E-state index in [1.165, 1.54) is 0 Å². The fourth-order valence-corrected chi connectivity index (χ4v) is 5.05. The van der Waals surface area contributed by atoms with Crippen molar-refractivity contribution in [1.82, 2.24) is 5.32 Å². The van der Waals surface area contributed by atoms with Gasteiger partial charge in [-0.25, -0.2) is 4.79 Å². The van der Waals surface area contributed by atoms with Crippen LogP contribution in [0.3, 0.4) is 0 Å². The summed E-state index contributed by atoms with van der Waals surface area (Å²) in [5, 5.41) is 4.03. The van der Waals surface area contributed by atoms with Crippen molar-refractivity contribution in [3.63, 3.8) is 0 Å². The number of dihydropyridines is 1. The second-order valence-corrected chi connectivity index (χ2v) is 9.25. The number of ether oxygens (including phenoxy) is 3. The average molecular weight is 496 g/mol. The first kappa shape index (κ1) is 24.9. The molecule has 4 rings (SSSR count). The number of nitrogens with one attached hydrogen (secondary N) is 1. The molecule has 0 fully saturated rings. The van der Waals surface area contributed by atoms with Gasteiger partial charge in [0.1, 0.15) is 11.5 Å². The maximum Gasteiger partial charge on any atom is 0.336 e. The molecule has 1 heterocycles. The summed E-state index contributed by atoms with van der Waals surface area (Å²) >= 11 is 6.07. The number of hydrogen-bond acceptors (Lipinski definition) is 6. The Morgan fingerprint density at radius 2 is 1.83 bits per heavy atom. The molecular weight excluding hydrogens is 466 g/mol. The molecule has 0 unspecified atom stereocenters. The van der Waals surface area contributed by atoms with Crippen LogP contribution in [-0.4, -0.2) is 32.6 Å². The second kappa shape index (κ2) is 10.6. The van der Waals surface area contributed by atoms with Gasteiger partial charge in [-0.1, -0.05) is 36.7 Å². The molecule has 2 atom stereocenters. The molecule has 7 heteroatoms. The lowest BCUT2D eigenvalue weighted by Gasteiger charge is -2.37. The van der Waals surface area contributed by atoms with Gasteiger partial charge in [0.25, 0.3) is 0 Å². The van der Waals surface area contributed by atoms with Crippen molar-refractivity contribution in [3.05, 3.63) is 81.2 Å². The molecule has 0 bridgehead atoms. The zero-order chi connectivity index (χ0) is 25.1. The van der Waals surface area contributed by atoms with Crippen molar-refractivity contribution in [3.8, 4) is 11.5 Å². The molecule has 6 nitrogen and oxygen atoms in total. The fourth-order valence-electron chi connectivity index (χ4n) is 4.92. The predicted molar refractivity (Wildman–Crippen MR) is 135 cm³/mol. The van der Waals surface area contributed by atoms with Crippen LogP contribution in [0.4, 0.5) is 0 Å². The van der Waals surface area contributed by atoms with Crippen molar-refractivity contribution in [2.24, 2.45) is 0 Å². The fraction of sp³-hybridized carbons (Fsp3) is 0.357. The minimum atomic E-state index is -0.602. The van der Waals surface area contributed by atoms with Gasteiger partial charge >= 0.3 is 5.97 Å². The minimum Gasteiger partial charge on any atom is -0.497 e. The van der Waals surface area contributed by atoms with Crippen LogP contribution >= 0.6 is 11.6 Å². The molecule has 35 heavy (non-hydrogen) atoms. The van der Waals surface area contributed by atoms with Gasteiger partial charge in [-0.3, -0.25) is 4.79 Å². The molecule has 0 spiro atoms. The van der Waals surface area contributed by atoms with Crippen molar-refractivity contribution in [2.45, 2.75) is 44.9 Å². The number of hydrogen-bond donors (Lipinski definition) is 1. The lowest BCUT2D eigenvalue weighted by Crippen LogP contribution is -2.36. The van der Waals surface area contributed by atoms with E-state index in [9.17, 15) is 9.59 Å². The second-order valence-electron chi connectivity index (χ2n) is 8.81. The SMILES string of the molecule is CCCOC(=O)C1=C(C)NC2=C(C(=O)C[C@@H](c3ccc(Cl)cc3)C2)[C@@H]1c1ccc(OC)cc1OC. The number of benzene rings is 2. The molecule has 1 aliphatic carbocycles. The summed E-state index contributed by atoms with van der Waals surface area (Å²) in [7, 11) is 3.15. The first-order chi connectivity index (χ1) is 16.9. The zero-order valence-corrected chi connectivity index (χ0v) is 21.2. The molecule has 2 aromatic carbocycles. The van der Waals surface area contributed by atoms with Crippen LogP contribution < -0.4 is 14.8 Å². The highest BCUT2D eigenvalue weighted by molar-refractivity contribution is 6.30. The quantitative estimate of drug-likeness (QED) is 0.499. The first-order valence-corrected chi connectivity index (χ1v) is 12.1. The van der Waals surface area contributed by atoms with Crippen molar-refractivity contribution in [1.29, 1.82) is 0 Å². The van der Waals surface area contributed by atoms with E-state index in [0.29, 0.717) is 59.2 Å². The summed E-state index contributed by atoms with van der Waals surface area (Å²) < 4.78 is 16.6. The topological polar surface area (TPSA) is 73.9 Å². The number of carbonyl (C=O) groups excluding carboxylic acids is 2. The third-order valence-corrected chi connectivity index (χ3v) is 6.83. The number of rotatable bonds is 7. The van der Waals surface area contributed by atoms with E-state index < -0.39 is 11.9 Å². The molecule has 0 radical (unpaired) electrons. The van der Waals surface area contributed by atoms with E-state index in [0.717, 1.165) is 16.8 Å². The lowest BCUT2D eigenvalue weighted by atomic mass is 9.71. The Morgan fingerprint density at radius 3 is 2.49 bits per heavy atom. The van der Waals surface area contributed by atoms with Gasteiger partial charge in [-0.2, -0.15) is 0 Å². The number of methoxy groups -OCH3 is 2. The Labute approximate surface area is 210 Å². The summed E-state index contributed by atoms with van der Waals surface area (Å²) in [6.45, 7) is 4.10. The Hall–Kier alpha value is -3.25. The molecule has 2 aromatic rings. The summed E-state index contributed by atoms with van der Waals surface area (Å²) in [5.41, 5.74) is 4.31. The van der Waals surface area contributed by atoms with Crippen LogP contribution in [-0.2, 0) is 14.3 Å². The molecule has 0 aromatic heterocycles. The van der Waals surface area contributed by atoms with E-state index in [1.54, 1.807) is 20.3 Å². The highest BCUT2D eigenvalue weighted by atomic mass is 35.5. The first-order valence-electron chi connectivity index (χ1n) is 11.8. The summed E-state index contributed by atoms with van der Waals surface area (Å²) in [4.78, 5) is 27.0. The number of halogens is 1. The van der Waals surface area contributed by atoms with Gasteiger partial charge in [0, 0.05) is 40.0 Å². The van der Waals surface area contributed by atoms with Crippen molar-refractivity contribution in [2.75, 3.05) is 20.8 Å². The molecule has 0 amide bonds. The zero-order valence-electron chi connectivity index (χ0n) is 20.4. The smallest absolute Gasteiger partial charge is 0.336 e. The molecule has 0 saturated carbocycles. The van der Waals surface area contributed by atoms with Gasteiger partial charge in [0.2, 0.25) is 0 Å². The van der Waals surface area contributed by atoms with Gasteiger partial charge in [0.05, 0.1) is 32.3 Å². The van der Waals surface area contributed by atoms with Crippen LogP contribution in [0.5, 0.6) is 11.5 Å². The van der Waals surface area contributed by atoms with Gasteiger partial charge in [-0.15, -0.1) is 0 Å². The highest BCUT2D eigenvalue weighted by Gasteiger charge is 2.42. The Morgan fingerprint density at radius 1 is 1.09 bits per heavy atom.